The monoisotopic (exact) mass is 448 g/mol. The summed E-state index contributed by atoms with van der Waals surface area (Å²) in [5.41, 5.74) is 6.89. The van der Waals surface area contributed by atoms with Crippen LogP contribution in [0.25, 0.3) is 0 Å². The summed E-state index contributed by atoms with van der Waals surface area (Å²) in [6, 6.07) is 13.1. The van der Waals surface area contributed by atoms with Crippen LogP contribution in [0, 0.1) is 6.92 Å². The molecule has 0 bridgehead atoms. The Hall–Kier alpha value is -2.62. The lowest BCUT2D eigenvalue weighted by atomic mass is 9.72. The number of hydrogen-bond acceptors (Lipinski definition) is 4. The third-order valence-electron chi connectivity index (χ3n) is 7.61. The number of methoxy groups -OCH3 is 1. The topological polar surface area (TPSA) is 52.6 Å². The Kier molecular flexibility index (Phi) is 5.92. The minimum atomic E-state index is -0.255. The van der Waals surface area contributed by atoms with Crippen molar-refractivity contribution in [3.05, 3.63) is 64.2 Å². The molecule has 0 heterocycles. The molecule has 1 atom stereocenters. The van der Waals surface area contributed by atoms with Gasteiger partial charge in [-0.05, 0) is 77.8 Å². The summed E-state index contributed by atoms with van der Waals surface area (Å²) in [4.78, 5) is 23.7. The van der Waals surface area contributed by atoms with Gasteiger partial charge in [0, 0.05) is 18.3 Å². The fourth-order valence-electron chi connectivity index (χ4n) is 6.33. The zero-order chi connectivity index (χ0) is 24.0. The first kappa shape index (κ1) is 23.5. The molecule has 2 aliphatic rings. The Labute approximate surface area is 197 Å². The predicted octanol–water partition coefficient (Wildman–Crippen LogP) is 6.28. The summed E-state index contributed by atoms with van der Waals surface area (Å²) in [5, 5.41) is 0. The van der Waals surface area contributed by atoms with Crippen molar-refractivity contribution in [2.24, 2.45) is 0 Å². The first-order valence-electron chi connectivity index (χ1n) is 12.0. The zero-order valence-corrected chi connectivity index (χ0v) is 20.8. The van der Waals surface area contributed by atoms with Crippen LogP contribution in [-0.4, -0.2) is 19.0 Å². The second kappa shape index (κ2) is 8.30. The smallest absolute Gasteiger partial charge is 0.311 e. The van der Waals surface area contributed by atoms with Gasteiger partial charge in [-0.15, -0.1) is 0 Å². The molecule has 1 spiro atoms. The van der Waals surface area contributed by atoms with Gasteiger partial charge in [0.05, 0.1) is 7.11 Å². The molecule has 4 nitrogen and oxygen atoms in total. The molecule has 176 valence electrons. The Morgan fingerprint density at radius 2 is 1.33 bits per heavy atom. The van der Waals surface area contributed by atoms with Crippen molar-refractivity contribution in [2.75, 3.05) is 7.11 Å². The number of ether oxygens (including phenoxy) is 2. The molecule has 4 rings (SSSR count). The van der Waals surface area contributed by atoms with Crippen LogP contribution in [0.1, 0.15) is 94.0 Å². The third-order valence-corrected chi connectivity index (χ3v) is 7.61. The van der Waals surface area contributed by atoms with E-state index in [4.69, 9.17) is 4.74 Å². The molecule has 0 aromatic heterocycles. The van der Waals surface area contributed by atoms with Gasteiger partial charge in [-0.2, -0.15) is 0 Å². The number of benzene rings is 2. The molecule has 0 saturated heterocycles. The lowest BCUT2D eigenvalue weighted by Crippen LogP contribution is -2.27. The van der Waals surface area contributed by atoms with E-state index in [2.05, 4.69) is 69.7 Å². The van der Waals surface area contributed by atoms with Crippen LogP contribution in [0.15, 0.2) is 36.4 Å². The van der Waals surface area contributed by atoms with Crippen molar-refractivity contribution < 1.29 is 19.1 Å². The van der Waals surface area contributed by atoms with E-state index in [0.717, 1.165) is 12.8 Å². The minimum Gasteiger partial charge on any atom is -0.469 e. The van der Waals surface area contributed by atoms with E-state index in [-0.39, 0.29) is 28.2 Å². The number of carbonyl (C=O) groups is 2. The maximum atomic E-state index is 12.5. The molecule has 0 amide bonds. The van der Waals surface area contributed by atoms with Gasteiger partial charge in [-0.25, -0.2) is 0 Å². The molecule has 4 heteroatoms. The van der Waals surface area contributed by atoms with Crippen LogP contribution in [0.3, 0.4) is 0 Å². The lowest BCUT2D eigenvalue weighted by Gasteiger charge is -2.30. The van der Waals surface area contributed by atoms with Crippen LogP contribution < -0.4 is 4.74 Å². The quantitative estimate of drug-likeness (QED) is 0.296. The fraction of sp³-hybridized carbons (Fsp3) is 0.517. The average Bonchev–Trinajstić information content (AvgIpc) is 3.10. The number of esters is 2. The van der Waals surface area contributed by atoms with Gasteiger partial charge >= 0.3 is 11.9 Å². The lowest BCUT2D eigenvalue weighted by molar-refractivity contribution is -0.141. The van der Waals surface area contributed by atoms with Crippen LogP contribution >= 0.6 is 0 Å². The molecule has 2 aromatic rings. The van der Waals surface area contributed by atoms with Crippen LogP contribution in [-0.2, 0) is 30.6 Å². The number of carbonyl (C=O) groups excluding carboxylic acids is 2. The van der Waals surface area contributed by atoms with Crippen molar-refractivity contribution in [1.29, 1.82) is 0 Å². The van der Waals surface area contributed by atoms with E-state index in [9.17, 15) is 9.59 Å². The Bertz CT molecular complexity index is 1090. The molecule has 0 N–H and O–H groups in total. The molecule has 0 fully saturated rings. The summed E-state index contributed by atoms with van der Waals surface area (Å²) in [6.07, 6.45) is 3.96. The first-order valence-corrected chi connectivity index (χ1v) is 12.0. The highest BCUT2D eigenvalue weighted by atomic mass is 16.5. The van der Waals surface area contributed by atoms with Gasteiger partial charge < -0.3 is 9.47 Å². The van der Waals surface area contributed by atoms with E-state index in [0.29, 0.717) is 31.4 Å². The number of unbranched alkanes of at least 4 members (excludes halogenated alkanes) is 1. The third kappa shape index (κ3) is 4.20. The maximum Gasteiger partial charge on any atom is 0.311 e. The molecule has 2 aliphatic carbocycles. The van der Waals surface area contributed by atoms with Crippen molar-refractivity contribution in [3.8, 4) is 5.75 Å². The van der Waals surface area contributed by atoms with Gasteiger partial charge in [0.15, 0.2) is 0 Å². The number of hydrogen-bond donors (Lipinski definition) is 0. The summed E-state index contributed by atoms with van der Waals surface area (Å²) in [5.74, 6) is 0.113. The summed E-state index contributed by atoms with van der Waals surface area (Å²) in [7, 11) is 1.38. The summed E-state index contributed by atoms with van der Waals surface area (Å²) >= 11 is 0. The van der Waals surface area contributed by atoms with E-state index in [1.807, 2.05) is 6.07 Å². The van der Waals surface area contributed by atoms with E-state index in [1.54, 1.807) is 0 Å². The average molecular weight is 449 g/mol. The van der Waals surface area contributed by atoms with Gasteiger partial charge in [-0.3, -0.25) is 9.59 Å². The highest BCUT2D eigenvalue weighted by Crippen LogP contribution is 2.63. The zero-order valence-electron chi connectivity index (χ0n) is 20.8. The van der Waals surface area contributed by atoms with Crippen molar-refractivity contribution in [2.45, 2.75) is 89.4 Å². The SMILES string of the molecule is COC(=O)CCCCC(=O)Oc1ccc2c(c1)C1(CC(C)(C)c3ccc(C)cc31)CC2(C)C. The maximum absolute atomic E-state index is 12.5. The molecule has 33 heavy (non-hydrogen) atoms. The van der Waals surface area contributed by atoms with Crippen molar-refractivity contribution in [1.82, 2.24) is 0 Å². The summed E-state index contributed by atoms with van der Waals surface area (Å²) < 4.78 is 10.4. The Morgan fingerprint density at radius 1 is 0.788 bits per heavy atom. The van der Waals surface area contributed by atoms with Crippen molar-refractivity contribution >= 4 is 11.9 Å². The normalized spacial score (nSPS) is 21.5. The standard InChI is InChI=1S/C29H36O4/c1-19-11-13-21-23(15-19)29(17-27(21,2)3)18-28(4,5)22-14-12-20(16-24(22)29)33-26(31)10-8-7-9-25(30)32-6/h11-16H,7-10,17-18H2,1-6H3. The molecule has 0 aliphatic heterocycles. The number of fused-ring (bicyclic) bond motifs is 4. The fourth-order valence-corrected chi connectivity index (χ4v) is 6.33. The Morgan fingerprint density at radius 3 is 1.94 bits per heavy atom. The van der Waals surface area contributed by atoms with Gasteiger partial charge in [-0.1, -0.05) is 57.5 Å². The highest BCUT2D eigenvalue weighted by Gasteiger charge is 2.56. The van der Waals surface area contributed by atoms with Gasteiger partial charge in [0.2, 0.25) is 0 Å². The predicted molar refractivity (Wildman–Crippen MR) is 130 cm³/mol. The van der Waals surface area contributed by atoms with Gasteiger partial charge in [0.25, 0.3) is 0 Å². The van der Waals surface area contributed by atoms with Crippen LogP contribution in [0.5, 0.6) is 5.75 Å². The highest BCUT2D eigenvalue weighted by molar-refractivity contribution is 5.73. The first-order chi connectivity index (χ1) is 15.5. The molecule has 1 unspecified atom stereocenters. The van der Waals surface area contributed by atoms with E-state index >= 15 is 0 Å². The van der Waals surface area contributed by atoms with E-state index < -0.39 is 0 Å². The molecule has 0 saturated carbocycles. The number of aryl methyl sites for hydroxylation is 1. The number of rotatable bonds is 6. The molecule has 2 aromatic carbocycles. The minimum absolute atomic E-state index is 0.0488. The summed E-state index contributed by atoms with van der Waals surface area (Å²) in [6.45, 7) is 11.5. The van der Waals surface area contributed by atoms with Crippen LogP contribution in [0.2, 0.25) is 0 Å². The molecule has 0 radical (unpaired) electrons. The van der Waals surface area contributed by atoms with Crippen LogP contribution in [0.4, 0.5) is 0 Å². The van der Waals surface area contributed by atoms with Crippen molar-refractivity contribution in [3.63, 3.8) is 0 Å². The molecular weight excluding hydrogens is 412 g/mol. The van der Waals surface area contributed by atoms with Gasteiger partial charge in [0.1, 0.15) is 5.75 Å². The second-order valence-electron chi connectivity index (χ2n) is 11.2. The second-order valence-corrected chi connectivity index (χ2v) is 11.2. The molecular formula is C29H36O4. The Balaban J connectivity index is 1.62. The van der Waals surface area contributed by atoms with E-state index in [1.165, 1.54) is 34.9 Å². The largest absolute Gasteiger partial charge is 0.469 e.